The van der Waals surface area contributed by atoms with E-state index in [9.17, 15) is 64.0 Å². The molecule has 18 atom stereocenters. The molecule has 17 rings (SSSR count). The summed E-state index contributed by atoms with van der Waals surface area (Å²) < 4.78 is 75.5. The van der Waals surface area contributed by atoms with Gasteiger partial charge in [-0.2, -0.15) is 0 Å². The number of phenolic OH excluding ortho intramolecular Hbond substituents is 3. The van der Waals surface area contributed by atoms with Crippen LogP contribution in [0, 0.1) is 36.5 Å². The first-order chi connectivity index (χ1) is 59.4. The number of amides is 8. The normalized spacial score (nSPS) is 30.5. The molecule has 15 bridgehead atoms. The van der Waals surface area contributed by atoms with Crippen molar-refractivity contribution in [3.05, 3.63) is 142 Å². The zero-order chi connectivity index (χ0) is 89.7. The number of hydrogen-bond donors (Lipinski definition) is 19. The largest absolute Gasteiger partial charge is 0.508 e. The van der Waals surface area contributed by atoms with E-state index >= 15 is 28.8 Å². The molecule has 8 amide bonds. The molecule has 0 unspecified atom stereocenters. The number of carbonyl (C=O) groups is 8. The third-order valence-corrected chi connectivity index (χ3v) is 26.4. The summed E-state index contributed by atoms with van der Waals surface area (Å²) in [4.78, 5) is 125. The van der Waals surface area contributed by atoms with Gasteiger partial charge in [-0.3, -0.25) is 38.4 Å². The van der Waals surface area contributed by atoms with Crippen molar-refractivity contribution < 1.29 is 126 Å². The Labute approximate surface area is 724 Å². The van der Waals surface area contributed by atoms with E-state index in [2.05, 4.69) is 42.5 Å². The number of unbranched alkanes of at least 4 members (excludes halogenated alkanes) is 1. The van der Waals surface area contributed by atoms with Crippen molar-refractivity contribution in [2.45, 2.75) is 226 Å². The van der Waals surface area contributed by atoms with Gasteiger partial charge in [-0.25, -0.2) is 13.1 Å². The van der Waals surface area contributed by atoms with Gasteiger partial charge >= 0.3 is 0 Å². The van der Waals surface area contributed by atoms with Crippen LogP contribution in [0.15, 0.2) is 108 Å². The van der Waals surface area contributed by atoms with E-state index in [1.54, 1.807) is 0 Å². The molecule has 0 radical (unpaired) electrons. The number of aliphatic hydroxyl groups is 6. The number of nitrogens with one attached hydrogen (secondary N) is 9. The van der Waals surface area contributed by atoms with Crippen LogP contribution in [0.1, 0.15) is 163 Å². The van der Waals surface area contributed by atoms with E-state index in [0.717, 1.165) is 99.2 Å². The van der Waals surface area contributed by atoms with E-state index in [1.165, 1.54) is 70.3 Å². The average molecular weight is 1770 g/mol. The Morgan fingerprint density at radius 2 is 1.34 bits per heavy atom. The van der Waals surface area contributed by atoms with Crippen LogP contribution in [0.3, 0.4) is 0 Å². The van der Waals surface area contributed by atoms with Gasteiger partial charge in [0.05, 0.1) is 47.8 Å². The standard InChI is InChI=1S/C87H105ClN10O26S/c1-8-9-20-118-49-13-15-50(16-14-49)125(116,117)98-63(103)34-55-80(110)93-68-47-30-60(120-58-18-11-43(22-38(58)4)72(104)70(84(114)91-55)96-79(109)54(90-7)21-37(2)3)76(124-86-77(75(107)74(106)62(36-99)122-86)123-64-35-87(6,89)78(108)39(5)119-64)61(31-47)121-59-19-12-44(29-53(59)88)73(105)71-85(115)95-69(83(113)92-66-45-24-40-23-41(26-45)27-46(66)25-40)52-32-48(100)33-57(102)65(52)51-28-42(10-17-56(51)101)67(81(111)97-71)94-82(68)112/h10-19,22,28-33,37,39-41,45-46,54-55,62,64,66-75,77-78,86,90,99-102,104-108H,8-9,20-21,23-27,34-36,89H2,1-7H3,(H,91,114)(H,92,113)(H,93,110)(H,94,112)(H,95,115)(H,96,109)(H,97,111)(H,98,103)/t39-,40?,41?,45?,46?,54+,55-,62+,64-,66?,67+,68+,69-,70+,71-,72+,73+,74+,75-,77+,78+,86-,87-/m0/s1. The molecule has 672 valence electrons. The molecule has 4 aliphatic carbocycles. The molecule has 7 heterocycles. The lowest BCUT2D eigenvalue weighted by Crippen LogP contribution is -2.64. The maximum atomic E-state index is 16.7. The first-order valence-electron chi connectivity index (χ1n) is 41.7. The van der Waals surface area contributed by atoms with Gasteiger partial charge in [-0.1, -0.05) is 57.0 Å². The highest BCUT2D eigenvalue weighted by Crippen LogP contribution is 2.55. The molecule has 20 N–H and O–H groups in total. The molecule has 0 spiro atoms. The number of aliphatic hydroxyl groups excluding tert-OH is 6. The minimum absolute atomic E-state index is 0.0500. The van der Waals surface area contributed by atoms with E-state index in [4.69, 9.17) is 50.5 Å². The summed E-state index contributed by atoms with van der Waals surface area (Å²) in [5.74, 6) is -13.5. The maximum absolute atomic E-state index is 16.7. The molecule has 6 aromatic carbocycles. The smallest absolute Gasteiger partial charge is 0.264 e. The molecule has 38 heteroatoms. The van der Waals surface area contributed by atoms with E-state index < -0.39 is 236 Å². The van der Waals surface area contributed by atoms with Crippen molar-refractivity contribution in [1.82, 2.24) is 47.3 Å². The van der Waals surface area contributed by atoms with Gasteiger partial charge in [0.15, 0.2) is 23.9 Å². The van der Waals surface area contributed by atoms with Crippen LogP contribution >= 0.6 is 11.6 Å². The number of hydrogen-bond acceptors (Lipinski definition) is 28. The van der Waals surface area contributed by atoms with Gasteiger partial charge in [-0.05, 0) is 215 Å². The molecule has 2 saturated heterocycles. The SMILES string of the molecule is CCCCOc1ccc(S(=O)(=O)NC(=O)C[C@@H]2NC(=O)[C@H](NC(=O)[C@@H](CC(C)C)NC)[C@H](O)c3ccc(c(C)c3)Oc3cc4cc(c3O[C@@H]3O[C@H](CO)[C@@H](O)[C@H](O)[C@H]3O[C@H]3C[C@](C)(N)[C@H](O)[C@H](C)O3)Oc3ccc(cc3Cl)[C@@H](O)[C@@H]3NC(=O)[C@H](NC(=O)[C@@H]4NC2=O)c2ccc(O)c(c2)-c2c(O)cc(O)cc2[C@@H](C(=O)NC2C4CC5CC(C4)CC2C5)NC3=O)cc1. The number of carbonyl (C=O) groups excluding carboxylic acids is 8. The highest BCUT2D eigenvalue weighted by molar-refractivity contribution is 7.90. The molecule has 6 aromatic rings. The van der Waals surface area contributed by atoms with Crippen molar-refractivity contribution in [2.24, 2.45) is 35.3 Å². The van der Waals surface area contributed by atoms with Gasteiger partial charge < -0.3 is 127 Å². The minimum atomic E-state index is -4.90. The van der Waals surface area contributed by atoms with Crippen LogP contribution in [-0.4, -0.2) is 207 Å². The number of phenols is 3. The maximum Gasteiger partial charge on any atom is 0.264 e. The highest BCUT2D eigenvalue weighted by atomic mass is 35.5. The predicted octanol–water partition coefficient (Wildman–Crippen LogP) is 3.82. The van der Waals surface area contributed by atoms with Crippen molar-refractivity contribution in [2.75, 3.05) is 20.3 Å². The fraction of sp³-hybridized carbons (Fsp3) is 0.494. The number of fused-ring (bicyclic) bond motifs is 15. The monoisotopic (exact) mass is 1770 g/mol. The Kier molecular flexibility index (Phi) is 27.0. The summed E-state index contributed by atoms with van der Waals surface area (Å²) >= 11 is 7.29. The number of likely N-dealkylation sites (N-methyl/N-ethyl adjacent to an activating group) is 1. The Hall–Kier alpha value is -10.5. The summed E-state index contributed by atoms with van der Waals surface area (Å²) in [6, 6.07) is 5.01. The van der Waals surface area contributed by atoms with Crippen molar-refractivity contribution >= 4 is 68.9 Å². The Morgan fingerprint density at radius 1 is 0.696 bits per heavy atom. The molecular weight excluding hydrogens is 1670 g/mol. The zero-order valence-corrected chi connectivity index (χ0v) is 71.0. The molecule has 36 nitrogen and oxygen atoms in total. The summed E-state index contributed by atoms with van der Waals surface area (Å²) in [5, 5.41) is 128. The second kappa shape index (κ2) is 37.2. The van der Waals surface area contributed by atoms with Gasteiger partial charge in [0.25, 0.3) is 10.0 Å². The second-order valence-corrected chi connectivity index (χ2v) is 36.5. The van der Waals surface area contributed by atoms with E-state index in [0.29, 0.717) is 24.9 Å². The predicted molar refractivity (Wildman–Crippen MR) is 443 cm³/mol. The molecule has 7 aliphatic heterocycles. The van der Waals surface area contributed by atoms with Crippen LogP contribution < -0.4 is 71.9 Å². The van der Waals surface area contributed by atoms with Crippen LogP contribution in [-0.2, 0) is 62.6 Å². The molecule has 6 fully saturated rings. The van der Waals surface area contributed by atoms with Crippen LogP contribution in [0.25, 0.3) is 11.1 Å². The third-order valence-electron chi connectivity index (χ3n) is 24.7. The van der Waals surface area contributed by atoms with Crippen molar-refractivity contribution in [3.63, 3.8) is 0 Å². The number of nitrogens with two attached hydrogens (primary N) is 1. The Bertz CT molecular complexity index is 5210. The van der Waals surface area contributed by atoms with Gasteiger partial charge in [0.2, 0.25) is 59.3 Å². The van der Waals surface area contributed by atoms with Crippen LogP contribution in [0.2, 0.25) is 5.02 Å². The number of sulfonamides is 1. The molecule has 0 aromatic heterocycles. The topological polar surface area (TPSA) is 552 Å². The lowest BCUT2D eigenvalue weighted by molar-refractivity contribution is -0.333. The minimum Gasteiger partial charge on any atom is -0.508 e. The number of rotatable bonds is 20. The van der Waals surface area contributed by atoms with E-state index in [-0.39, 0.29) is 86.8 Å². The van der Waals surface area contributed by atoms with Crippen LogP contribution in [0.4, 0.5) is 0 Å². The lowest BCUT2D eigenvalue weighted by atomic mass is 9.54. The van der Waals surface area contributed by atoms with Gasteiger partial charge in [-0.15, -0.1) is 0 Å². The third kappa shape index (κ3) is 19.4. The van der Waals surface area contributed by atoms with Crippen molar-refractivity contribution in [3.8, 4) is 62.9 Å². The number of aryl methyl sites for hydroxylation is 1. The van der Waals surface area contributed by atoms with E-state index in [1.807, 2.05) is 25.5 Å². The first kappa shape index (κ1) is 90.7. The first-order valence-corrected chi connectivity index (χ1v) is 43.6. The highest BCUT2D eigenvalue weighted by Gasteiger charge is 2.53. The fourth-order valence-electron chi connectivity index (χ4n) is 18.4. The molecule has 125 heavy (non-hydrogen) atoms. The number of ether oxygens (including phenoxy) is 7. The zero-order valence-electron chi connectivity index (χ0n) is 69.4. The number of aromatic hydroxyl groups is 3. The summed E-state index contributed by atoms with van der Waals surface area (Å²) in [5.41, 5.74) is 3.11. The summed E-state index contributed by atoms with van der Waals surface area (Å²) in [6.07, 6.45) is -13.2. The molecular formula is C87H105ClN10O26S. The van der Waals surface area contributed by atoms with Crippen molar-refractivity contribution in [1.29, 1.82) is 0 Å². The second-order valence-electron chi connectivity index (χ2n) is 34.4. The summed E-state index contributed by atoms with van der Waals surface area (Å²) in [6.45, 7) is 9.40. The molecule has 4 saturated carbocycles. The van der Waals surface area contributed by atoms with Gasteiger partial charge in [0, 0.05) is 35.2 Å². The van der Waals surface area contributed by atoms with Crippen LogP contribution in [0.5, 0.6) is 51.7 Å². The Balaban J connectivity index is 0.968. The van der Waals surface area contributed by atoms with Gasteiger partial charge in [0.1, 0.15) is 101 Å². The average Bonchev–Trinajstić information content (AvgIpc) is 0.773. The lowest BCUT2D eigenvalue weighted by Gasteiger charge is -2.54. The molecule has 11 aliphatic rings. The quantitative estimate of drug-likeness (QED) is 0.0483. The summed E-state index contributed by atoms with van der Waals surface area (Å²) in [7, 11) is -3.43. The number of halogens is 1. The fourth-order valence-corrected chi connectivity index (χ4v) is 19.6. The number of benzene rings is 6. The Morgan fingerprint density at radius 3 is 1.98 bits per heavy atom.